The van der Waals surface area contributed by atoms with Gasteiger partial charge < -0.3 is 10.5 Å². The summed E-state index contributed by atoms with van der Waals surface area (Å²) in [6.45, 7) is 2.66. The molecule has 8 heteroatoms. The topological polar surface area (TPSA) is 89.7 Å². The number of hydrogen-bond acceptors (Lipinski definition) is 5. The van der Waals surface area contributed by atoms with Crippen molar-refractivity contribution in [1.82, 2.24) is 4.31 Å². The van der Waals surface area contributed by atoms with Crippen LogP contribution in [0.2, 0.25) is 0 Å². The number of aryl methyl sites for hydroxylation is 1. The highest BCUT2D eigenvalue weighted by Crippen LogP contribution is 2.23. The summed E-state index contributed by atoms with van der Waals surface area (Å²) in [5.41, 5.74) is 7.30. The third-order valence-electron chi connectivity index (χ3n) is 4.03. The number of sulfonamides is 1. The van der Waals surface area contributed by atoms with Crippen molar-refractivity contribution in [3.8, 4) is 0 Å². The maximum Gasteiger partial charge on any atom is 0.337 e. The first-order chi connectivity index (χ1) is 12.4. The largest absolute Gasteiger partial charge is 0.465 e. The molecule has 0 fully saturated rings. The van der Waals surface area contributed by atoms with Crippen LogP contribution in [-0.2, 0) is 21.3 Å². The molecule has 27 heavy (non-hydrogen) atoms. The molecule has 0 unspecified atom stereocenters. The van der Waals surface area contributed by atoms with Crippen LogP contribution in [0, 0.1) is 6.92 Å². The van der Waals surface area contributed by atoms with E-state index in [1.165, 1.54) is 29.6 Å². The first kappa shape index (κ1) is 23.1. The summed E-state index contributed by atoms with van der Waals surface area (Å²) in [4.78, 5) is 11.8. The van der Waals surface area contributed by atoms with Crippen molar-refractivity contribution in [2.24, 2.45) is 5.73 Å². The maximum absolute atomic E-state index is 13.2. The third kappa shape index (κ3) is 5.77. The fraction of sp³-hybridized carbons (Fsp3) is 0.316. The number of benzene rings is 2. The van der Waals surface area contributed by atoms with E-state index in [1.807, 2.05) is 30.3 Å². The zero-order valence-corrected chi connectivity index (χ0v) is 17.1. The molecule has 0 radical (unpaired) electrons. The average Bonchev–Trinajstić information content (AvgIpc) is 2.64. The van der Waals surface area contributed by atoms with E-state index in [0.717, 1.165) is 5.56 Å². The van der Waals surface area contributed by atoms with Gasteiger partial charge in [-0.2, -0.15) is 4.31 Å². The van der Waals surface area contributed by atoms with E-state index < -0.39 is 16.0 Å². The number of nitrogens with zero attached hydrogens (tertiary/aromatic N) is 1. The Morgan fingerprint density at radius 2 is 1.81 bits per heavy atom. The molecular formula is C19H25ClN2O4S. The third-order valence-corrected chi connectivity index (χ3v) is 6.03. The molecular weight excluding hydrogens is 388 g/mol. The molecule has 0 spiro atoms. The average molecular weight is 413 g/mol. The van der Waals surface area contributed by atoms with E-state index in [1.54, 1.807) is 6.92 Å². The summed E-state index contributed by atoms with van der Waals surface area (Å²) < 4.78 is 32.5. The summed E-state index contributed by atoms with van der Waals surface area (Å²) in [7, 11) is -2.44. The van der Waals surface area contributed by atoms with Crippen LogP contribution in [0.3, 0.4) is 0 Å². The van der Waals surface area contributed by atoms with Gasteiger partial charge in [0.15, 0.2) is 0 Å². The van der Waals surface area contributed by atoms with Gasteiger partial charge >= 0.3 is 5.97 Å². The van der Waals surface area contributed by atoms with Crippen molar-refractivity contribution >= 4 is 28.4 Å². The molecule has 2 N–H and O–H groups in total. The SMILES string of the molecule is COC(=O)c1ccc(S(=O)(=O)N(CCCN)Cc2ccccc2)c(C)c1.Cl. The molecule has 0 saturated heterocycles. The minimum Gasteiger partial charge on any atom is -0.465 e. The fourth-order valence-electron chi connectivity index (χ4n) is 2.66. The number of ether oxygens (including phenoxy) is 1. The molecule has 0 atom stereocenters. The molecule has 0 amide bonds. The summed E-state index contributed by atoms with van der Waals surface area (Å²) >= 11 is 0. The Labute approximate surface area is 166 Å². The normalized spacial score (nSPS) is 11.1. The Bertz CT molecular complexity index is 857. The molecule has 148 valence electrons. The molecule has 2 aromatic rings. The highest BCUT2D eigenvalue weighted by Gasteiger charge is 2.26. The second-order valence-corrected chi connectivity index (χ2v) is 7.84. The maximum atomic E-state index is 13.2. The molecule has 0 saturated carbocycles. The van der Waals surface area contributed by atoms with Crippen LogP contribution in [-0.4, -0.2) is 38.9 Å². The molecule has 2 rings (SSSR count). The Morgan fingerprint density at radius 3 is 2.37 bits per heavy atom. The molecule has 0 aliphatic rings. The Morgan fingerprint density at radius 1 is 1.15 bits per heavy atom. The number of methoxy groups -OCH3 is 1. The van der Waals surface area contributed by atoms with E-state index in [2.05, 4.69) is 4.74 Å². The van der Waals surface area contributed by atoms with E-state index in [-0.39, 0.29) is 23.8 Å². The quantitative estimate of drug-likeness (QED) is 0.673. The second-order valence-electron chi connectivity index (χ2n) is 5.94. The number of halogens is 1. The van der Waals surface area contributed by atoms with Gasteiger partial charge in [0.2, 0.25) is 10.0 Å². The summed E-state index contributed by atoms with van der Waals surface area (Å²) in [5, 5.41) is 0. The van der Waals surface area contributed by atoms with E-state index in [9.17, 15) is 13.2 Å². The Kier molecular flexibility index (Phi) is 8.92. The van der Waals surface area contributed by atoms with Crippen molar-refractivity contribution in [3.63, 3.8) is 0 Å². The van der Waals surface area contributed by atoms with Gasteiger partial charge in [0, 0.05) is 13.1 Å². The van der Waals surface area contributed by atoms with Crippen LogP contribution in [0.1, 0.15) is 27.9 Å². The Balaban J connectivity index is 0.00000364. The van der Waals surface area contributed by atoms with Crippen molar-refractivity contribution in [2.45, 2.75) is 24.8 Å². The van der Waals surface area contributed by atoms with Crippen LogP contribution in [0.4, 0.5) is 0 Å². The van der Waals surface area contributed by atoms with E-state index in [4.69, 9.17) is 5.73 Å². The van der Waals surface area contributed by atoms with Crippen LogP contribution < -0.4 is 5.73 Å². The second kappa shape index (κ2) is 10.4. The lowest BCUT2D eigenvalue weighted by atomic mass is 10.1. The van der Waals surface area contributed by atoms with Crippen LogP contribution in [0.15, 0.2) is 53.4 Å². The smallest absolute Gasteiger partial charge is 0.337 e. The summed E-state index contributed by atoms with van der Waals surface area (Å²) in [6, 6.07) is 13.9. The standard InChI is InChI=1S/C19H24N2O4S.ClH/c1-15-13-17(19(22)25-2)9-10-18(15)26(23,24)21(12-6-11-20)14-16-7-4-3-5-8-16;/h3-5,7-10,13H,6,11-12,14,20H2,1-2H3;1H. The minimum absolute atomic E-state index is 0. The van der Waals surface area contributed by atoms with E-state index >= 15 is 0 Å². The van der Waals surface area contributed by atoms with Gasteiger partial charge in [-0.05, 0) is 49.2 Å². The van der Waals surface area contributed by atoms with Gasteiger partial charge in [0.25, 0.3) is 0 Å². The van der Waals surface area contributed by atoms with Gasteiger partial charge in [-0.25, -0.2) is 13.2 Å². The van der Waals surface area contributed by atoms with Crippen LogP contribution >= 0.6 is 12.4 Å². The number of hydrogen-bond donors (Lipinski definition) is 1. The van der Waals surface area contributed by atoms with Crippen molar-refractivity contribution in [1.29, 1.82) is 0 Å². The molecule has 0 bridgehead atoms. The van der Waals surface area contributed by atoms with Crippen LogP contribution in [0.5, 0.6) is 0 Å². The molecule has 0 aliphatic carbocycles. The first-order valence-electron chi connectivity index (χ1n) is 8.33. The van der Waals surface area contributed by atoms with Gasteiger partial charge in [0.1, 0.15) is 0 Å². The zero-order chi connectivity index (χ0) is 19.2. The first-order valence-corrected chi connectivity index (χ1v) is 9.77. The van der Waals surface area contributed by atoms with Crippen molar-refractivity contribution < 1.29 is 17.9 Å². The molecule has 0 aromatic heterocycles. The molecule has 2 aromatic carbocycles. The lowest BCUT2D eigenvalue weighted by Crippen LogP contribution is -2.33. The summed E-state index contributed by atoms with van der Waals surface area (Å²) in [5.74, 6) is -0.499. The number of nitrogens with two attached hydrogens (primary N) is 1. The van der Waals surface area contributed by atoms with Gasteiger partial charge in [-0.15, -0.1) is 12.4 Å². The zero-order valence-electron chi connectivity index (χ0n) is 15.4. The molecule has 0 heterocycles. The number of rotatable bonds is 8. The predicted molar refractivity (Wildman–Crippen MR) is 107 cm³/mol. The fourth-order valence-corrected chi connectivity index (χ4v) is 4.33. The number of carbonyl (C=O) groups is 1. The number of esters is 1. The van der Waals surface area contributed by atoms with Crippen molar-refractivity contribution in [3.05, 3.63) is 65.2 Å². The highest BCUT2D eigenvalue weighted by atomic mass is 35.5. The van der Waals surface area contributed by atoms with Gasteiger partial charge in [0.05, 0.1) is 17.6 Å². The van der Waals surface area contributed by atoms with Crippen LogP contribution in [0.25, 0.3) is 0 Å². The van der Waals surface area contributed by atoms with Crippen molar-refractivity contribution in [2.75, 3.05) is 20.2 Å². The minimum atomic E-state index is -3.73. The molecule has 0 aliphatic heterocycles. The molecule has 6 nitrogen and oxygen atoms in total. The lowest BCUT2D eigenvalue weighted by molar-refractivity contribution is 0.0600. The van der Waals surface area contributed by atoms with Gasteiger partial charge in [-0.1, -0.05) is 30.3 Å². The number of carbonyl (C=O) groups excluding carboxylic acids is 1. The van der Waals surface area contributed by atoms with Gasteiger partial charge in [-0.3, -0.25) is 0 Å². The predicted octanol–water partition coefficient (Wildman–Crippen LogP) is 2.74. The lowest BCUT2D eigenvalue weighted by Gasteiger charge is -2.23. The Hall–Kier alpha value is -1.93. The van der Waals surface area contributed by atoms with E-state index in [0.29, 0.717) is 30.6 Å². The monoisotopic (exact) mass is 412 g/mol. The highest BCUT2D eigenvalue weighted by molar-refractivity contribution is 7.89. The summed E-state index contributed by atoms with van der Waals surface area (Å²) in [6.07, 6.45) is 0.561.